The molecule has 0 heterocycles. The lowest BCUT2D eigenvalue weighted by Crippen LogP contribution is -2.11. The maximum Gasteiger partial charge on any atom is 0.0238 e. The second kappa shape index (κ2) is 6.96. The van der Waals surface area contributed by atoms with Crippen LogP contribution in [0.5, 0.6) is 0 Å². The Labute approximate surface area is 127 Å². The molecule has 2 aromatic carbocycles. The van der Waals surface area contributed by atoms with Gasteiger partial charge < -0.3 is 4.90 Å². The number of aryl methyl sites for hydroxylation is 2. The number of hydrogen-bond donors (Lipinski definition) is 0. The zero-order valence-corrected chi connectivity index (χ0v) is 13.6. The van der Waals surface area contributed by atoms with Gasteiger partial charge in [-0.2, -0.15) is 0 Å². The zero-order valence-electron chi connectivity index (χ0n) is 12.8. The second-order valence-corrected chi connectivity index (χ2v) is 6.50. The van der Waals surface area contributed by atoms with E-state index < -0.39 is 0 Å². The predicted octanol–water partition coefficient (Wildman–Crippen LogP) is 4.77. The first kappa shape index (κ1) is 15.1. The first-order chi connectivity index (χ1) is 9.60. The molecule has 1 nitrogen and oxygen atoms in total. The van der Waals surface area contributed by atoms with Gasteiger partial charge >= 0.3 is 0 Å². The van der Waals surface area contributed by atoms with Crippen LogP contribution < -0.4 is 0 Å². The first-order valence-electron chi connectivity index (χ1n) is 7.10. The standard InChI is InChI=1S/C18H23NS/c1-5-15-12-14(2)10-11-18(15)20-17-9-7-6-8-16(17)13-19(3)4/h6-12H,5,13H2,1-4H3. The van der Waals surface area contributed by atoms with Crippen LogP contribution in [-0.4, -0.2) is 19.0 Å². The molecule has 0 N–H and O–H groups in total. The van der Waals surface area contributed by atoms with Crippen molar-refractivity contribution < 1.29 is 0 Å². The van der Waals surface area contributed by atoms with Crippen LogP contribution in [0.1, 0.15) is 23.6 Å². The first-order valence-corrected chi connectivity index (χ1v) is 7.91. The van der Waals surface area contributed by atoms with Gasteiger partial charge in [0.25, 0.3) is 0 Å². The van der Waals surface area contributed by atoms with E-state index in [1.54, 1.807) is 0 Å². The lowest BCUT2D eigenvalue weighted by Gasteiger charge is -2.15. The number of nitrogens with zero attached hydrogens (tertiary/aromatic N) is 1. The van der Waals surface area contributed by atoms with Crippen molar-refractivity contribution in [2.75, 3.05) is 14.1 Å². The maximum atomic E-state index is 2.30. The third kappa shape index (κ3) is 3.87. The molecule has 0 aliphatic carbocycles. The van der Waals surface area contributed by atoms with E-state index in [1.807, 2.05) is 11.8 Å². The van der Waals surface area contributed by atoms with Gasteiger partial charge in [-0.25, -0.2) is 0 Å². The molecular weight excluding hydrogens is 262 g/mol. The van der Waals surface area contributed by atoms with Gasteiger partial charge in [0.2, 0.25) is 0 Å². The van der Waals surface area contributed by atoms with Crippen molar-refractivity contribution in [3.05, 3.63) is 59.2 Å². The Morgan fingerprint density at radius 1 is 0.950 bits per heavy atom. The molecular formula is C18H23NS. The normalized spacial score (nSPS) is 11.1. The van der Waals surface area contributed by atoms with Crippen molar-refractivity contribution in [3.63, 3.8) is 0 Å². The smallest absolute Gasteiger partial charge is 0.0238 e. The van der Waals surface area contributed by atoms with E-state index in [0.717, 1.165) is 13.0 Å². The Bertz CT molecular complexity index is 575. The summed E-state index contributed by atoms with van der Waals surface area (Å²) in [6.07, 6.45) is 1.08. The highest BCUT2D eigenvalue weighted by Crippen LogP contribution is 2.33. The third-order valence-corrected chi connectivity index (χ3v) is 4.51. The summed E-state index contributed by atoms with van der Waals surface area (Å²) in [4.78, 5) is 4.96. The van der Waals surface area contributed by atoms with Crippen molar-refractivity contribution in [1.82, 2.24) is 4.90 Å². The highest BCUT2D eigenvalue weighted by Gasteiger charge is 2.08. The lowest BCUT2D eigenvalue weighted by atomic mass is 10.1. The van der Waals surface area contributed by atoms with E-state index in [4.69, 9.17) is 0 Å². The number of benzene rings is 2. The molecule has 0 spiro atoms. The van der Waals surface area contributed by atoms with Crippen molar-refractivity contribution in [2.45, 2.75) is 36.6 Å². The molecule has 0 bridgehead atoms. The Hall–Kier alpha value is -1.25. The molecule has 0 amide bonds. The zero-order chi connectivity index (χ0) is 14.5. The van der Waals surface area contributed by atoms with Gasteiger partial charge in [0.15, 0.2) is 0 Å². The van der Waals surface area contributed by atoms with Crippen LogP contribution in [0.3, 0.4) is 0 Å². The van der Waals surface area contributed by atoms with E-state index >= 15 is 0 Å². The highest BCUT2D eigenvalue weighted by atomic mass is 32.2. The molecule has 20 heavy (non-hydrogen) atoms. The van der Waals surface area contributed by atoms with E-state index in [9.17, 15) is 0 Å². The molecule has 0 unspecified atom stereocenters. The molecule has 0 atom stereocenters. The molecule has 2 aromatic rings. The molecule has 0 fully saturated rings. The molecule has 0 aliphatic rings. The third-order valence-electron chi connectivity index (χ3n) is 3.28. The molecule has 106 valence electrons. The largest absolute Gasteiger partial charge is 0.305 e. The molecule has 0 saturated heterocycles. The van der Waals surface area contributed by atoms with Gasteiger partial charge in [0.05, 0.1) is 0 Å². The fraction of sp³-hybridized carbons (Fsp3) is 0.333. The van der Waals surface area contributed by atoms with Gasteiger partial charge in [-0.1, -0.05) is 54.6 Å². The summed E-state index contributed by atoms with van der Waals surface area (Å²) >= 11 is 1.89. The molecule has 0 saturated carbocycles. The van der Waals surface area contributed by atoms with Crippen LogP contribution in [0.4, 0.5) is 0 Å². The summed E-state index contributed by atoms with van der Waals surface area (Å²) in [5.41, 5.74) is 4.17. The Morgan fingerprint density at radius 2 is 1.65 bits per heavy atom. The van der Waals surface area contributed by atoms with Crippen LogP contribution in [0.25, 0.3) is 0 Å². The minimum Gasteiger partial charge on any atom is -0.305 e. The SMILES string of the molecule is CCc1cc(C)ccc1Sc1ccccc1CN(C)C. The quantitative estimate of drug-likeness (QED) is 0.778. The van der Waals surface area contributed by atoms with E-state index in [1.165, 1.54) is 26.5 Å². The summed E-state index contributed by atoms with van der Waals surface area (Å²) < 4.78 is 0. The molecule has 0 aliphatic heterocycles. The van der Waals surface area contributed by atoms with Gasteiger partial charge in [-0.05, 0) is 50.7 Å². The fourth-order valence-corrected chi connectivity index (χ4v) is 3.39. The summed E-state index contributed by atoms with van der Waals surface area (Å²) in [6.45, 7) is 5.37. The Morgan fingerprint density at radius 3 is 2.35 bits per heavy atom. The number of hydrogen-bond acceptors (Lipinski definition) is 2. The van der Waals surface area contributed by atoms with E-state index in [-0.39, 0.29) is 0 Å². The van der Waals surface area contributed by atoms with Gasteiger partial charge in [0, 0.05) is 16.3 Å². The monoisotopic (exact) mass is 285 g/mol. The molecule has 0 radical (unpaired) electrons. The topological polar surface area (TPSA) is 3.24 Å². The van der Waals surface area contributed by atoms with Crippen LogP contribution in [0.2, 0.25) is 0 Å². The minimum atomic E-state index is 0.983. The Balaban J connectivity index is 2.30. The van der Waals surface area contributed by atoms with Crippen LogP contribution in [0.15, 0.2) is 52.3 Å². The van der Waals surface area contributed by atoms with Crippen LogP contribution in [-0.2, 0) is 13.0 Å². The van der Waals surface area contributed by atoms with Crippen molar-refractivity contribution in [3.8, 4) is 0 Å². The van der Waals surface area contributed by atoms with Crippen molar-refractivity contribution in [2.24, 2.45) is 0 Å². The molecule has 2 rings (SSSR count). The second-order valence-electron chi connectivity index (χ2n) is 5.41. The predicted molar refractivity (Wildman–Crippen MR) is 88.5 cm³/mol. The van der Waals surface area contributed by atoms with E-state index in [2.05, 4.69) is 75.3 Å². The Kier molecular flexibility index (Phi) is 5.27. The minimum absolute atomic E-state index is 0.983. The van der Waals surface area contributed by atoms with Gasteiger partial charge in [-0.3, -0.25) is 0 Å². The fourth-order valence-electron chi connectivity index (χ4n) is 2.28. The van der Waals surface area contributed by atoms with Crippen molar-refractivity contribution in [1.29, 1.82) is 0 Å². The summed E-state index contributed by atoms with van der Waals surface area (Å²) in [7, 11) is 4.23. The van der Waals surface area contributed by atoms with Crippen LogP contribution in [0, 0.1) is 6.92 Å². The van der Waals surface area contributed by atoms with Crippen LogP contribution >= 0.6 is 11.8 Å². The summed E-state index contributed by atoms with van der Waals surface area (Å²) in [6, 6.07) is 15.5. The molecule has 0 aromatic heterocycles. The molecule has 2 heteroatoms. The highest BCUT2D eigenvalue weighted by molar-refractivity contribution is 7.99. The number of rotatable bonds is 5. The average molecular weight is 285 g/mol. The summed E-state index contributed by atoms with van der Waals surface area (Å²) in [5, 5.41) is 0. The van der Waals surface area contributed by atoms with Gasteiger partial charge in [-0.15, -0.1) is 0 Å². The van der Waals surface area contributed by atoms with Crippen molar-refractivity contribution >= 4 is 11.8 Å². The lowest BCUT2D eigenvalue weighted by molar-refractivity contribution is 0.399. The maximum absolute atomic E-state index is 2.30. The summed E-state index contributed by atoms with van der Waals surface area (Å²) in [5.74, 6) is 0. The van der Waals surface area contributed by atoms with Gasteiger partial charge in [0.1, 0.15) is 0 Å². The van der Waals surface area contributed by atoms with E-state index in [0.29, 0.717) is 0 Å². The average Bonchev–Trinajstić information content (AvgIpc) is 2.42.